The van der Waals surface area contributed by atoms with Crippen LogP contribution < -0.4 is 5.32 Å². The van der Waals surface area contributed by atoms with Crippen LogP contribution in [-0.4, -0.2) is 11.1 Å². The number of nitrogens with one attached hydrogen (secondary N) is 1. The highest BCUT2D eigenvalue weighted by Gasteiger charge is 2.20. The smallest absolute Gasteiger partial charge is 0.134 e. The van der Waals surface area contributed by atoms with Crippen LogP contribution >= 0.6 is 11.6 Å². The largest absolute Gasteiger partial charge is 0.506 e. The highest BCUT2D eigenvalue weighted by Crippen LogP contribution is 2.25. The molecule has 0 unspecified atom stereocenters. The molecule has 0 radical (unpaired) electrons. The molecule has 0 atom stereocenters. The van der Waals surface area contributed by atoms with Crippen molar-refractivity contribution in [2.24, 2.45) is 0 Å². The maximum Gasteiger partial charge on any atom is 0.134 e. The average Bonchev–Trinajstić information content (AvgIpc) is 2.83. The predicted molar refractivity (Wildman–Crippen MR) is 77.6 cm³/mol. The molecule has 2 N–H and O–H groups in total. The molecule has 0 fully saturated rings. The highest BCUT2D eigenvalue weighted by molar-refractivity contribution is 6.32. The van der Waals surface area contributed by atoms with Crippen molar-refractivity contribution in [2.45, 2.75) is 25.4 Å². The standard InChI is InChI=1S/C16H16ClNO/c17-15-7-11(5-6-16(15)19)10-18-14-8-12-3-1-2-4-13(12)9-14/h1-7,14,18-19H,8-10H2. The van der Waals surface area contributed by atoms with Gasteiger partial charge in [-0.1, -0.05) is 41.9 Å². The third-order valence-corrected chi connectivity index (χ3v) is 3.96. The first-order valence-corrected chi connectivity index (χ1v) is 6.88. The van der Waals surface area contributed by atoms with Crippen LogP contribution in [0.1, 0.15) is 16.7 Å². The van der Waals surface area contributed by atoms with E-state index in [0.717, 1.165) is 24.9 Å². The number of fused-ring (bicyclic) bond motifs is 1. The summed E-state index contributed by atoms with van der Waals surface area (Å²) in [6.07, 6.45) is 2.17. The van der Waals surface area contributed by atoms with Crippen LogP contribution in [0, 0.1) is 0 Å². The van der Waals surface area contributed by atoms with Crippen molar-refractivity contribution in [3.63, 3.8) is 0 Å². The molecule has 0 amide bonds. The lowest BCUT2D eigenvalue weighted by molar-refractivity contribution is 0.475. The lowest BCUT2D eigenvalue weighted by Gasteiger charge is -2.12. The number of halogens is 1. The molecule has 3 heteroatoms. The van der Waals surface area contributed by atoms with E-state index >= 15 is 0 Å². The van der Waals surface area contributed by atoms with Gasteiger partial charge < -0.3 is 10.4 Å². The number of rotatable bonds is 3. The van der Waals surface area contributed by atoms with Crippen molar-refractivity contribution in [3.8, 4) is 5.75 Å². The molecule has 19 heavy (non-hydrogen) atoms. The Morgan fingerprint density at radius 2 is 1.79 bits per heavy atom. The van der Waals surface area contributed by atoms with E-state index in [1.54, 1.807) is 6.07 Å². The van der Waals surface area contributed by atoms with E-state index in [2.05, 4.69) is 29.6 Å². The number of hydrogen-bond donors (Lipinski definition) is 2. The normalized spacial score (nSPS) is 14.6. The first-order valence-electron chi connectivity index (χ1n) is 6.50. The second-order valence-electron chi connectivity index (χ2n) is 5.04. The quantitative estimate of drug-likeness (QED) is 0.899. The summed E-state index contributed by atoms with van der Waals surface area (Å²) < 4.78 is 0. The summed E-state index contributed by atoms with van der Waals surface area (Å²) in [7, 11) is 0. The Bertz CT molecular complexity index is 572. The minimum Gasteiger partial charge on any atom is -0.506 e. The third kappa shape index (κ3) is 2.75. The fourth-order valence-electron chi connectivity index (χ4n) is 2.63. The van der Waals surface area contributed by atoms with Crippen LogP contribution in [0.5, 0.6) is 5.75 Å². The summed E-state index contributed by atoms with van der Waals surface area (Å²) in [5.41, 5.74) is 3.99. The van der Waals surface area contributed by atoms with Gasteiger partial charge in [-0.25, -0.2) is 0 Å². The molecule has 3 rings (SSSR count). The first-order chi connectivity index (χ1) is 9.22. The fourth-order valence-corrected chi connectivity index (χ4v) is 2.83. The molecule has 0 aromatic heterocycles. The van der Waals surface area contributed by atoms with E-state index in [4.69, 9.17) is 11.6 Å². The minimum absolute atomic E-state index is 0.138. The summed E-state index contributed by atoms with van der Waals surface area (Å²) >= 11 is 5.90. The van der Waals surface area contributed by atoms with Gasteiger partial charge in [-0.2, -0.15) is 0 Å². The SMILES string of the molecule is Oc1ccc(CNC2Cc3ccccc3C2)cc1Cl. The van der Waals surface area contributed by atoms with Crippen molar-refractivity contribution in [3.05, 3.63) is 64.2 Å². The zero-order chi connectivity index (χ0) is 13.2. The molecule has 0 bridgehead atoms. The van der Waals surface area contributed by atoms with Crippen molar-refractivity contribution in [1.29, 1.82) is 0 Å². The molecule has 2 nitrogen and oxygen atoms in total. The van der Waals surface area contributed by atoms with Crippen molar-refractivity contribution in [2.75, 3.05) is 0 Å². The van der Waals surface area contributed by atoms with E-state index in [-0.39, 0.29) is 5.75 Å². The number of benzene rings is 2. The predicted octanol–water partition coefficient (Wildman–Crippen LogP) is 3.30. The lowest BCUT2D eigenvalue weighted by atomic mass is 10.1. The Labute approximate surface area is 118 Å². The lowest BCUT2D eigenvalue weighted by Crippen LogP contribution is -2.28. The van der Waals surface area contributed by atoms with Gasteiger partial charge in [0.2, 0.25) is 0 Å². The molecular formula is C16H16ClNO. The van der Waals surface area contributed by atoms with Crippen LogP contribution in [0.15, 0.2) is 42.5 Å². The Balaban J connectivity index is 1.61. The van der Waals surface area contributed by atoms with Gasteiger partial charge in [-0.05, 0) is 41.7 Å². The number of phenols is 1. The molecule has 2 aromatic carbocycles. The van der Waals surface area contributed by atoms with E-state index in [0.29, 0.717) is 11.1 Å². The number of hydrogen-bond acceptors (Lipinski definition) is 2. The fraction of sp³-hybridized carbons (Fsp3) is 0.250. The average molecular weight is 274 g/mol. The van der Waals surface area contributed by atoms with Crippen molar-refractivity contribution in [1.82, 2.24) is 5.32 Å². The maximum atomic E-state index is 9.39. The van der Waals surface area contributed by atoms with E-state index in [9.17, 15) is 5.11 Å². The van der Waals surface area contributed by atoms with E-state index in [1.807, 2.05) is 12.1 Å². The first kappa shape index (κ1) is 12.5. The zero-order valence-electron chi connectivity index (χ0n) is 10.6. The van der Waals surface area contributed by atoms with Crippen LogP contribution in [0.25, 0.3) is 0 Å². The van der Waals surface area contributed by atoms with Gasteiger partial charge in [0.25, 0.3) is 0 Å². The van der Waals surface area contributed by atoms with Crippen molar-refractivity contribution < 1.29 is 5.11 Å². The summed E-state index contributed by atoms with van der Waals surface area (Å²) in [6, 6.07) is 14.4. The molecule has 0 saturated heterocycles. The molecule has 0 aliphatic heterocycles. The molecule has 0 saturated carbocycles. The topological polar surface area (TPSA) is 32.3 Å². The molecule has 0 heterocycles. The second-order valence-corrected chi connectivity index (χ2v) is 5.45. The minimum atomic E-state index is 0.138. The van der Waals surface area contributed by atoms with Gasteiger partial charge >= 0.3 is 0 Å². The summed E-state index contributed by atoms with van der Waals surface area (Å²) in [6.45, 7) is 0.776. The van der Waals surface area contributed by atoms with Gasteiger partial charge in [-0.15, -0.1) is 0 Å². The van der Waals surface area contributed by atoms with Crippen LogP contribution in [0.4, 0.5) is 0 Å². The molecule has 0 spiro atoms. The maximum absolute atomic E-state index is 9.39. The van der Waals surface area contributed by atoms with Gasteiger partial charge in [0.15, 0.2) is 0 Å². The molecule has 2 aromatic rings. The Hall–Kier alpha value is -1.51. The van der Waals surface area contributed by atoms with E-state index in [1.165, 1.54) is 11.1 Å². The van der Waals surface area contributed by atoms with Crippen LogP contribution in [0.3, 0.4) is 0 Å². The zero-order valence-corrected chi connectivity index (χ0v) is 11.3. The Morgan fingerprint density at radius 1 is 1.11 bits per heavy atom. The monoisotopic (exact) mass is 273 g/mol. The summed E-state index contributed by atoms with van der Waals surface area (Å²) in [4.78, 5) is 0. The van der Waals surface area contributed by atoms with Crippen LogP contribution in [0.2, 0.25) is 5.02 Å². The third-order valence-electron chi connectivity index (χ3n) is 3.66. The van der Waals surface area contributed by atoms with Crippen molar-refractivity contribution >= 4 is 11.6 Å². The molecular weight excluding hydrogens is 258 g/mol. The van der Waals surface area contributed by atoms with Crippen LogP contribution in [-0.2, 0) is 19.4 Å². The van der Waals surface area contributed by atoms with Gasteiger partial charge in [0, 0.05) is 12.6 Å². The van der Waals surface area contributed by atoms with E-state index < -0.39 is 0 Å². The number of aromatic hydroxyl groups is 1. The Morgan fingerprint density at radius 3 is 2.42 bits per heavy atom. The Kier molecular flexibility index (Phi) is 3.45. The second kappa shape index (κ2) is 5.24. The number of phenolic OH excluding ortho intramolecular Hbond substituents is 1. The molecule has 1 aliphatic rings. The molecule has 1 aliphatic carbocycles. The highest BCUT2D eigenvalue weighted by atomic mass is 35.5. The van der Waals surface area contributed by atoms with Gasteiger partial charge in [0.1, 0.15) is 5.75 Å². The summed E-state index contributed by atoms with van der Waals surface area (Å²) in [5.74, 6) is 0.138. The van der Waals surface area contributed by atoms with Gasteiger partial charge in [0.05, 0.1) is 5.02 Å². The molecule has 98 valence electrons. The van der Waals surface area contributed by atoms with Gasteiger partial charge in [-0.3, -0.25) is 0 Å². The summed E-state index contributed by atoms with van der Waals surface area (Å²) in [5, 5.41) is 13.4.